The van der Waals surface area contributed by atoms with Gasteiger partial charge in [0.2, 0.25) is 6.23 Å². The Labute approximate surface area is 169 Å². The molecule has 26 heavy (non-hydrogen) atoms. The number of hydrazone groups is 1. The normalized spacial score (nSPS) is 21.0. The third-order valence-electron chi connectivity index (χ3n) is 4.73. The Morgan fingerprint density at radius 3 is 2.58 bits per heavy atom. The first-order chi connectivity index (χ1) is 12.7. The highest BCUT2D eigenvalue weighted by Gasteiger charge is 2.41. The van der Waals surface area contributed by atoms with E-state index in [1.54, 1.807) is 11.3 Å². The summed E-state index contributed by atoms with van der Waals surface area (Å²) in [6, 6.07) is 20.4. The first-order valence-corrected chi connectivity index (χ1v) is 10.3. The van der Waals surface area contributed by atoms with Crippen molar-refractivity contribution in [2.24, 2.45) is 5.10 Å². The van der Waals surface area contributed by atoms with Gasteiger partial charge >= 0.3 is 0 Å². The summed E-state index contributed by atoms with van der Waals surface area (Å²) in [7, 11) is 0. The fraction of sp³-hybridized carbons (Fsp3) is 0.150. The van der Waals surface area contributed by atoms with Crippen molar-refractivity contribution >= 4 is 44.6 Å². The van der Waals surface area contributed by atoms with Crippen LogP contribution in [0, 0.1) is 0 Å². The van der Waals surface area contributed by atoms with Crippen LogP contribution in [0.1, 0.15) is 34.7 Å². The molecule has 2 aromatic carbocycles. The summed E-state index contributed by atoms with van der Waals surface area (Å²) in [4.78, 5) is 1.18. The van der Waals surface area contributed by atoms with E-state index in [0.717, 1.165) is 27.2 Å². The van der Waals surface area contributed by atoms with Gasteiger partial charge < -0.3 is 4.74 Å². The largest absolute Gasteiger partial charge is 0.464 e. The zero-order valence-corrected chi connectivity index (χ0v) is 16.8. The van der Waals surface area contributed by atoms with Gasteiger partial charge in [0.25, 0.3) is 0 Å². The number of nitrogens with zero attached hydrogens (tertiary/aromatic N) is 2. The summed E-state index contributed by atoms with van der Waals surface area (Å²) in [6.45, 7) is 0. The second-order valence-corrected chi connectivity index (χ2v) is 9.15. The van der Waals surface area contributed by atoms with E-state index >= 15 is 0 Å². The molecular weight excluding hydrogens is 432 g/mol. The lowest BCUT2D eigenvalue weighted by Crippen LogP contribution is -2.33. The van der Waals surface area contributed by atoms with Crippen molar-refractivity contribution in [2.45, 2.75) is 18.7 Å². The summed E-state index contributed by atoms with van der Waals surface area (Å²) in [6.07, 6.45) is 0.526. The average Bonchev–Trinajstić information content (AvgIpc) is 3.28. The van der Waals surface area contributed by atoms with Gasteiger partial charge in [0.1, 0.15) is 5.75 Å². The molecule has 1 aromatic heterocycles. The number of para-hydroxylation sites is 1. The van der Waals surface area contributed by atoms with E-state index in [2.05, 4.69) is 45.2 Å². The summed E-state index contributed by atoms with van der Waals surface area (Å²) < 4.78 is 7.44. The van der Waals surface area contributed by atoms with Gasteiger partial charge in [-0.05, 0) is 40.2 Å². The van der Waals surface area contributed by atoms with Gasteiger partial charge in [-0.3, -0.25) is 0 Å². The highest BCUT2D eigenvalue weighted by atomic mass is 79.9. The van der Waals surface area contributed by atoms with Gasteiger partial charge in [-0.25, -0.2) is 5.01 Å². The minimum Gasteiger partial charge on any atom is -0.464 e. The van der Waals surface area contributed by atoms with Crippen molar-refractivity contribution in [3.63, 3.8) is 0 Å². The predicted octanol–water partition coefficient (Wildman–Crippen LogP) is 6.41. The summed E-state index contributed by atoms with van der Waals surface area (Å²) >= 11 is 11.7. The third kappa shape index (κ3) is 2.66. The smallest absolute Gasteiger partial charge is 0.215 e. The molecule has 3 heterocycles. The van der Waals surface area contributed by atoms with Crippen LogP contribution in [0.3, 0.4) is 0 Å². The molecule has 2 atom stereocenters. The van der Waals surface area contributed by atoms with Crippen LogP contribution >= 0.6 is 38.9 Å². The van der Waals surface area contributed by atoms with Crippen molar-refractivity contribution < 1.29 is 4.74 Å². The molecule has 0 fully saturated rings. The number of thiophene rings is 1. The van der Waals surface area contributed by atoms with E-state index in [9.17, 15) is 0 Å². The number of halogens is 2. The molecule has 2 aliphatic rings. The molecule has 0 unspecified atom stereocenters. The Kier molecular flexibility index (Phi) is 4.03. The summed E-state index contributed by atoms with van der Waals surface area (Å²) in [5.41, 5.74) is 3.19. The maximum Gasteiger partial charge on any atom is 0.215 e. The molecular formula is C20H14BrClN2OS. The number of hydrogen-bond donors (Lipinski definition) is 0. The highest BCUT2D eigenvalue weighted by Crippen LogP contribution is 2.48. The number of ether oxygens (including phenoxy) is 1. The van der Waals surface area contributed by atoms with Crippen LogP contribution in [0.25, 0.3) is 0 Å². The van der Waals surface area contributed by atoms with Gasteiger partial charge in [-0.2, -0.15) is 5.10 Å². The minimum atomic E-state index is -0.329. The Morgan fingerprint density at radius 2 is 1.81 bits per heavy atom. The monoisotopic (exact) mass is 444 g/mol. The number of rotatable bonds is 2. The molecule has 0 amide bonds. The zero-order valence-electron chi connectivity index (χ0n) is 13.6. The predicted molar refractivity (Wildman–Crippen MR) is 109 cm³/mol. The molecule has 3 aromatic rings. The van der Waals surface area contributed by atoms with Gasteiger partial charge in [-0.1, -0.05) is 48.0 Å². The third-order valence-corrected chi connectivity index (χ3v) is 6.74. The number of fused-ring (bicyclic) bond motifs is 3. The first kappa shape index (κ1) is 16.4. The van der Waals surface area contributed by atoms with Crippen LogP contribution < -0.4 is 4.74 Å². The van der Waals surface area contributed by atoms with Crippen molar-refractivity contribution in [2.75, 3.05) is 0 Å². The minimum absolute atomic E-state index is 0.150. The van der Waals surface area contributed by atoms with E-state index in [4.69, 9.17) is 21.4 Å². The number of hydrogen-bond acceptors (Lipinski definition) is 4. The Hall–Kier alpha value is -1.82. The molecule has 0 N–H and O–H groups in total. The average molecular weight is 446 g/mol. The van der Waals surface area contributed by atoms with Crippen LogP contribution in [0.15, 0.2) is 69.6 Å². The molecule has 0 saturated carbocycles. The van der Waals surface area contributed by atoms with Crippen LogP contribution in [0.2, 0.25) is 5.02 Å². The number of benzene rings is 2. The van der Waals surface area contributed by atoms with Crippen LogP contribution in [-0.4, -0.2) is 10.7 Å². The van der Waals surface area contributed by atoms with E-state index in [1.165, 1.54) is 10.4 Å². The molecule has 0 saturated heterocycles. The molecule has 6 heteroatoms. The fourth-order valence-electron chi connectivity index (χ4n) is 3.53. The molecule has 3 nitrogen and oxygen atoms in total. The van der Waals surface area contributed by atoms with Crippen molar-refractivity contribution in [3.05, 3.63) is 85.5 Å². The lowest BCUT2D eigenvalue weighted by Gasteiger charge is -2.38. The second-order valence-electron chi connectivity index (χ2n) is 6.28. The Balaban J connectivity index is 1.62. The molecule has 2 aliphatic heterocycles. The van der Waals surface area contributed by atoms with E-state index in [-0.39, 0.29) is 12.3 Å². The van der Waals surface area contributed by atoms with E-state index < -0.39 is 0 Å². The van der Waals surface area contributed by atoms with Crippen molar-refractivity contribution in [1.29, 1.82) is 0 Å². The van der Waals surface area contributed by atoms with Crippen LogP contribution in [0.4, 0.5) is 0 Å². The maximum absolute atomic E-state index is 6.47. The molecule has 130 valence electrons. The van der Waals surface area contributed by atoms with Crippen molar-refractivity contribution in [3.8, 4) is 5.75 Å². The van der Waals surface area contributed by atoms with Gasteiger partial charge in [-0.15, -0.1) is 11.3 Å². The Bertz CT molecular complexity index is 1020. The molecule has 5 rings (SSSR count). The lowest BCUT2D eigenvalue weighted by atomic mass is 9.98. The fourth-order valence-corrected chi connectivity index (χ4v) is 5.14. The molecule has 0 aliphatic carbocycles. The standard InChI is InChI=1S/C20H14BrClN2OS/c21-19-10-9-18(26-19)15-11-16-13-6-2-4-8-17(13)25-20(24(16)23-15)12-5-1-3-7-14(12)22/h1-10,16,20H,11H2/t16-,20-/m1/s1. The SMILES string of the molecule is Clc1ccccc1[C@H]1Oc2ccccc2[C@H]2CC(c3ccc(Br)s3)=NN21. The molecule has 0 bridgehead atoms. The molecule has 0 radical (unpaired) electrons. The lowest BCUT2D eigenvalue weighted by molar-refractivity contribution is -0.0189. The van der Waals surface area contributed by atoms with Crippen molar-refractivity contribution in [1.82, 2.24) is 5.01 Å². The Morgan fingerprint density at radius 1 is 1.04 bits per heavy atom. The van der Waals surface area contributed by atoms with Crippen LogP contribution in [0.5, 0.6) is 5.75 Å². The quantitative estimate of drug-likeness (QED) is 0.455. The maximum atomic E-state index is 6.47. The highest BCUT2D eigenvalue weighted by molar-refractivity contribution is 9.11. The van der Waals surface area contributed by atoms with Gasteiger partial charge in [0.05, 0.1) is 20.4 Å². The van der Waals surface area contributed by atoms with Crippen LogP contribution in [-0.2, 0) is 0 Å². The van der Waals surface area contributed by atoms with Gasteiger partial charge in [0, 0.05) is 22.6 Å². The topological polar surface area (TPSA) is 24.8 Å². The summed E-state index contributed by atoms with van der Waals surface area (Å²) in [5.74, 6) is 0.905. The summed E-state index contributed by atoms with van der Waals surface area (Å²) in [5, 5.41) is 7.70. The zero-order chi connectivity index (χ0) is 17.7. The first-order valence-electron chi connectivity index (χ1n) is 8.32. The van der Waals surface area contributed by atoms with E-state index in [0.29, 0.717) is 5.02 Å². The molecule has 0 spiro atoms. The van der Waals surface area contributed by atoms with Gasteiger partial charge in [0.15, 0.2) is 0 Å². The van der Waals surface area contributed by atoms with E-state index in [1.807, 2.05) is 36.4 Å². The second kappa shape index (κ2) is 6.41.